The van der Waals surface area contributed by atoms with E-state index in [4.69, 9.17) is 0 Å². The van der Waals surface area contributed by atoms with Gasteiger partial charge in [0, 0.05) is 16.5 Å². The Morgan fingerprint density at radius 2 is 1.17 bits per heavy atom. The maximum absolute atomic E-state index is 13.5. The fourth-order valence-corrected chi connectivity index (χ4v) is 4.20. The van der Waals surface area contributed by atoms with Gasteiger partial charge in [-0.05, 0) is 35.1 Å². The zero-order valence-corrected chi connectivity index (χ0v) is 15.8. The lowest BCUT2D eigenvalue weighted by molar-refractivity contribution is 0.0535. The second kappa shape index (κ2) is 7.02. The Balaban J connectivity index is 1.66. The number of hydrogen-bond donors (Lipinski definition) is 0. The van der Waals surface area contributed by atoms with Gasteiger partial charge in [-0.1, -0.05) is 84.9 Å². The van der Waals surface area contributed by atoms with Crippen molar-refractivity contribution in [3.63, 3.8) is 0 Å². The number of nitrogens with zero attached hydrogens (tertiary/aromatic N) is 1. The monoisotopic (exact) mass is 377 g/mol. The molecule has 2 amide bonds. The molecular weight excluding hydrogens is 358 g/mol. The lowest BCUT2D eigenvalue weighted by Crippen LogP contribution is -2.43. The molecule has 0 N–H and O–H groups in total. The quantitative estimate of drug-likeness (QED) is 0.445. The molecule has 4 aromatic rings. The standard InChI is InChI=1S/C26H19NO2/c28-25-21-15-7-13-20-14-8-16-22(24(20)21)26(29)27(25)23(19-11-5-2-6-12-19)17-18-9-3-1-4-10-18/h1-16,23H,17H2/t23-/m0/s1. The second-order valence-electron chi connectivity index (χ2n) is 7.31. The van der Waals surface area contributed by atoms with Gasteiger partial charge in [0.25, 0.3) is 11.8 Å². The Bertz CT molecular complexity index is 1160. The van der Waals surface area contributed by atoms with Crippen LogP contribution in [0.15, 0.2) is 97.1 Å². The molecule has 0 spiro atoms. The molecule has 0 bridgehead atoms. The zero-order chi connectivity index (χ0) is 19.8. The molecule has 5 rings (SSSR count). The van der Waals surface area contributed by atoms with Gasteiger partial charge in [0.15, 0.2) is 0 Å². The molecular formula is C26H19NO2. The predicted molar refractivity (Wildman–Crippen MR) is 114 cm³/mol. The summed E-state index contributed by atoms with van der Waals surface area (Å²) in [7, 11) is 0. The Morgan fingerprint density at radius 3 is 1.76 bits per heavy atom. The molecule has 0 saturated carbocycles. The molecule has 4 aromatic carbocycles. The van der Waals surface area contributed by atoms with Gasteiger partial charge in [0.2, 0.25) is 0 Å². The van der Waals surface area contributed by atoms with Gasteiger partial charge in [0.1, 0.15) is 0 Å². The molecule has 3 heteroatoms. The molecule has 140 valence electrons. The Morgan fingerprint density at radius 1 is 0.621 bits per heavy atom. The first kappa shape index (κ1) is 17.4. The topological polar surface area (TPSA) is 37.4 Å². The van der Waals surface area contributed by atoms with Gasteiger partial charge in [-0.2, -0.15) is 0 Å². The van der Waals surface area contributed by atoms with Crippen LogP contribution in [0.1, 0.15) is 37.9 Å². The lowest BCUT2D eigenvalue weighted by atomic mass is 9.90. The Hall–Kier alpha value is -3.72. The minimum absolute atomic E-state index is 0.232. The van der Waals surface area contributed by atoms with Crippen LogP contribution in [0.5, 0.6) is 0 Å². The first-order valence-electron chi connectivity index (χ1n) is 9.72. The summed E-state index contributed by atoms with van der Waals surface area (Å²) in [5, 5.41) is 1.67. The molecule has 0 aliphatic carbocycles. The van der Waals surface area contributed by atoms with E-state index in [0.717, 1.165) is 21.9 Å². The summed E-state index contributed by atoms with van der Waals surface area (Å²) in [5.41, 5.74) is 3.21. The van der Waals surface area contributed by atoms with Gasteiger partial charge in [0.05, 0.1) is 6.04 Å². The van der Waals surface area contributed by atoms with Crippen LogP contribution in [-0.2, 0) is 6.42 Å². The van der Waals surface area contributed by atoms with Crippen LogP contribution in [-0.4, -0.2) is 16.7 Å². The third-order valence-corrected chi connectivity index (χ3v) is 5.57. The van der Waals surface area contributed by atoms with Gasteiger partial charge in [-0.15, -0.1) is 0 Å². The number of hydrogen-bond acceptors (Lipinski definition) is 2. The van der Waals surface area contributed by atoms with Crippen molar-refractivity contribution < 1.29 is 9.59 Å². The average Bonchev–Trinajstić information content (AvgIpc) is 2.78. The van der Waals surface area contributed by atoms with Crippen molar-refractivity contribution in [3.05, 3.63) is 119 Å². The molecule has 0 aromatic heterocycles. The maximum atomic E-state index is 13.5. The van der Waals surface area contributed by atoms with Crippen LogP contribution in [0.3, 0.4) is 0 Å². The summed E-state index contributed by atoms with van der Waals surface area (Å²) in [6.45, 7) is 0. The number of benzene rings is 4. The summed E-state index contributed by atoms with van der Waals surface area (Å²) in [6.07, 6.45) is 0.570. The molecule has 1 heterocycles. The fourth-order valence-electron chi connectivity index (χ4n) is 4.20. The summed E-state index contributed by atoms with van der Waals surface area (Å²) in [6, 6.07) is 30.7. The van der Waals surface area contributed by atoms with Crippen molar-refractivity contribution in [2.24, 2.45) is 0 Å². The molecule has 0 fully saturated rings. The van der Waals surface area contributed by atoms with E-state index in [0.29, 0.717) is 17.5 Å². The Kier molecular flexibility index (Phi) is 4.21. The highest BCUT2D eigenvalue weighted by Crippen LogP contribution is 2.36. The molecule has 1 aliphatic heterocycles. The van der Waals surface area contributed by atoms with Crippen molar-refractivity contribution in [1.29, 1.82) is 0 Å². The molecule has 1 aliphatic rings. The van der Waals surface area contributed by atoms with E-state index >= 15 is 0 Å². The van der Waals surface area contributed by atoms with E-state index in [-0.39, 0.29) is 17.9 Å². The van der Waals surface area contributed by atoms with Gasteiger partial charge < -0.3 is 0 Å². The fraction of sp³-hybridized carbons (Fsp3) is 0.0769. The van der Waals surface area contributed by atoms with E-state index in [1.54, 1.807) is 0 Å². The highest BCUT2D eigenvalue weighted by Gasteiger charge is 2.37. The third kappa shape index (κ3) is 2.92. The molecule has 3 nitrogen and oxygen atoms in total. The highest BCUT2D eigenvalue weighted by atomic mass is 16.2. The van der Waals surface area contributed by atoms with E-state index in [1.165, 1.54) is 4.90 Å². The average molecular weight is 377 g/mol. The number of imide groups is 1. The van der Waals surface area contributed by atoms with E-state index < -0.39 is 0 Å². The van der Waals surface area contributed by atoms with E-state index in [2.05, 4.69) is 0 Å². The summed E-state index contributed by atoms with van der Waals surface area (Å²) < 4.78 is 0. The number of rotatable bonds is 4. The third-order valence-electron chi connectivity index (χ3n) is 5.57. The Labute approximate surface area is 169 Å². The van der Waals surface area contributed by atoms with Crippen molar-refractivity contribution in [3.8, 4) is 0 Å². The molecule has 1 atom stereocenters. The number of carbonyl (C=O) groups is 2. The van der Waals surface area contributed by atoms with Crippen LogP contribution >= 0.6 is 0 Å². The predicted octanol–water partition coefficient (Wildman–Crippen LogP) is 5.42. The lowest BCUT2D eigenvalue weighted by Gasteiger charge is -2.34. The molecule has 29 heavy (non-hydrogen) atoms. The summed E-state index contributed by atoms with van der Waals surface area (Å²) >= 11 is 0. The first-order chi connectivity index (χ1) is 14.2. The van der Waals surface area contributed by atoms with Crippen molar-refractivity contribution in [1.82, 2.24) is 4.90 Å². The van der Waals surface area contributed by atoms with Crippen LogP contribution in [0, 0.1) is 0 Å². The minimum atomic E-state index is -0.373. The van der Waals surface area contributed by atoms with E-state index in [1.807, 2.05) is 97.1 Å². The summed E-state index contributed by atoms with van der Waals surface area (Å²) in [5.74, 6) is -0.465. The zero-order valence-electron chi connectivity index (χ0n) is 15.8. The van der Waals surface area contributed by atoms with Gasteiger partial charge in [-0.25, -0.2) is 0 Å². The van der Waals surface area contributed by atoms with Gasteiger partial charge >= 0.3 is 0 Å². The normalized spacial score (nSPS) is 14.3. The second-order valence-corrected chi connectivity index (χ2v) is 7.31. The molecule has 0 saturated heterocycles. The van der Waals surface area contributed by atoms with Crippen LogP contribution < -0.4 is 0 Å². The molecule has 0 radical (unpaired) electrons. The van der Waals surface area contributed by atoms with Crippen molar-refractivity contribution in [2.75, 3.05) is 0 Å². The van der Waals surface area contributed by atoms with Gasteiger partial charge in [-0.3, -0.25) is 14.5 Å². The van der Waals surface area contributed by atoms with E-state index in [9.17, 15) is 9.59 Å². The number of amides is 2. The highest BCUT2D eigenvalue weighted by molar-refractivity contribution is 6.25. The smallest absolute Gasteiger partial charge is 0.261 e. The van der Waals surface area contributed by atoms with Crippen LogP contribution in [0.25, 0.3) is 10.8 Å². The van der Waals surface area contributed by atoms with Crippen molar-refractivity contribution in [2.45, 2.75) is 12.5 Å². The van der Waals surface area contributed by atoms with Crippen LogP contribution in [0.4, 0.5) is 0 Å². The summed E-state index contributed by atoms with van der Waals surface area (Å²) in [4.78, 5) is 28.5. The molecule has 0 unspecified atom stereocenters. The maximum Gasteiger partial charge on any atom is 0.261 e. The first-order valence-corrected chi connectivity index (χ1v) is 9.72. The SMILES string of the molecule is O=C1c2cccc3cccc(c23)C(=O)N1[C@@H](Cc1ccccc1)c1ccccc1. The largest absolute Gasteiger partial charge is 0.269 e. The minimum Gasteiger partial charge on any atom is -0.269 e. The van der Waals surface area contributed by atoms with Crippen LogP contribution in [0.2, 0.25) is 0 Å². The van der Waals surface area contributed by atoms with Crippen molar-refractivity contribution >= 4 is 22.6 Å². The number of carbonyl (C=O) groups excluding carboxylic acids is 2.